The van der Waals surface area contributed by atoms with Gasteiger partial charge >= 0.3 is 0 Å². The van der Waals surface area contributed by atoms with Crippen molar-refractivity contribution in [2.75, 3.05) is 25.1 Å². The summed E-state index contributed by atoms with van der Waals surface area (Å²) in [6, 6.07) is 8.44. The van der Waals surface area contributed by atoms with Crippen molar-refractivity contribution in [3.63, 3.8) is 0 Å². The predicted octanol–water partition coefficient (Wildman–Crippen LogP) is 5.01. The highest BCUT2D eigenvalue weighted by molar-refractivity contribution is 7.80. The van der Waals surface area contributed by atoms with Gasteiger partial charge in [-0.25, -0.2) is 0 Å². The van der Waals surface area contributed by atoms with Crippen molar-refractivity contribution in [1.29, 1.82) is 0 Å². The number of aromatic hydroxyl groups is 1. The van der Waals surface area contributed by atoms with Crippen LogP contribution in [0, 0.1) is 0 Å². The fourth-order valence-electron chi connectivity index (χ4n) is 2.95. The SMILES string of the molecule is CCOc1cc(C(=O)NC(=S)Nc2cc(C(C)(C)C)ccc2O)cc(OCC)c1OCC. The second kappa shape index (κ2) is 11.0. The lowest BCUT2D eigenvalue weighted by Gasteiger charge is -2.21. The van der Waals surface area contributed by atoms with Gasteiger partial charge in [-0.1, -0.05) is 26.8 Å². The van der Waals surface area contributed by atoms with E-state index in [0.717, 1.165) is 5.56 Å². The van der Waals surface area contributed by atoms with Crippen molar-refractivity contribution in [2.24, 2.45) is 0 Å². The molecule has 1 amide bonds. The second-order valence-electron chi connectivity index (χ2n) is 7.99. The largest absolute Gasteiger partial charge is 0.506 e. The lowest BCUT2D eigenvalue weighted by atomic mass is 9.87. The quantitative estimate of drug-likeness (QED) is 0.377. The standard InChI is InChI=1S/C24H32N2O5S/c1-7-29-19-12-15(13-20(30-8-2)21(19)31-9-3)22(28)26-23(32)25-17-14-16(24(4,5)6)10-11-18(17)27/h10-14,27H,7-9H2,1-6H3,(H2,25,26,28,32). The number of ether oxygens (including phenoxy) is 3. The summed E-state index contributed by atoms with van der Waals surface area (Å²) in [4.78, 5) is 12.9. The van der Waals surface area contributed by atoms with Gasteiger partial charge in [0.15, 0.2) is 16.6 Å². The van der Waals surface area contributed by atoms with Gasteiger partial charge in [0, 0.05) is 5.56 Å². The van der Waals surface area contributed by atoms with Crippen molar-refractivity contribution in [1.82, 2.24) is 5.32 Å². The van der Waals surface area contributed by atoms with Gasteiger partial charge in [0.25, 0.3) is 5.91 Å². The van der Waals surface area contributed by atoms with Gasteiger partial charge in [-0.05, 0) is 68.2 Å². The monoisotopic (exact) mass is 460 g/mol. The molecule has 0 saturated carbocycles. The van der Waals surface area contributed by atoms with Crippen LogP contribution in [0.5, 0.6) is 23.0 Å². The van der Waals surface area contributed by atoms with E-state index < -0.39 is 5.91 Å². The average molecular weight is 461 g/mol. The van der Waals surface area contributed by atoms with E-state index >= 15 is 0 Å². The molecule has 0 bridgehead atoms. The van der Waals surface area contributed by atoms with Crippen LogP contribution in [0.15, 0.2) is 30.3 Å². The van der Waals surface area contributed by atoms with Gasteiger partial charge < -0.3 is 24.6 Å². The number of carbonyl (C=O) groups is 1. The number of nitrogens with one attached hydrogen (secondary N) is 2. The van der Waals surface area contributed by atoms with Crippen LogP contribution in [-0.4, -0.2) is 35.9 Å². The summed E-state index contributed by atoms with van der Waals surface area (Å²) < 4.78 is 17.0. The maximum absolute atomic E-state index is 12.9. The molecule has 0 unspecified atom stereocenters. The summed E-state index contributed by atoms with van der Waals surface area (Å²) in [5.41, 5.74) is 1.63. The Bertz CT molecular complexity index is 942. The molecule has 0 aliphatic rings. The minimum absolute atomic E-state index is 0.0351. The highest BCUT2D eigenvalue weighted by Crippen LogP contribution is 2.39. The molecule has 0 aromatic heterocycles. The summed E-state index contributed by atoms with van der Waals surface area (Å²) >= 11 is 5.30. The Morgan fingerprint density at radius 2 is 1.53 bits per heavy atom. The van der Waals surface area contributed by atoms with E-state index in [1.54, 1.807) is 18.2 Å². The van der Waals surface area contributed by atoms with Crippen LogP contribution in [0.2, 0.25) is 0 Å². The Kier molecular flexibility index (Phi) is 8.72. The van der Waals surface area contributed by atoms with Crippen molar-refractivity contribution in [3.05, 3.63) is 41.5 Å². The fraction of sp³-hybridized carbons (Fsp3) is 0.417. The van der Waals surface area contributed by atoms with E-state index in [1.807, 2.05) is 32.9 Å². The Morgan fingerprint density at radius 3 is 2.03 bits per heavy atom. The third-order valence-corrected chi connectivity index (χ3v) is 4.71. The van der Waals surface area contributed by atoms with Gasteiger partial charge in [-0.2, -0.15) is 0 Å². The minimum Gasteiger partial charge on any atom is -0.506 e. The summed E-state index contributed by atoms with van der Waals surface area (Å²) in [5.74, 6) is 0.879. The number of thiocarbonyl (C=S) groups is 1. The first kappa shape index (κ1) is 25.3. The molecule has 2 aromatic rings. The van der Waals surface area contributed by atoms with Crippen molar-refractivity contribution < 1.29 is 24.1 Å². The zero-order chi connectivity index (χ0) is 23.9. The molecular formula is C24H32N2O5S. The van der Waals surface area contributed by atoms with E-state index in [2.05, 4.69) is 31.4 Å². The van der Waals surface area contributed by atoms with Crippen LogP contribution < -0.4 is 24.8 Å². The Hall–Kier alpha value is -3.00. The van der Waals surface area contributed by atoms with E-state index in [1.165, 1.54) is 0 Å². The number of rotatable bonds is 8. The average Bonchev–Trinajstić information content (AvgIpc) is 2.71. The van der Waals surface area contributed by atoms with E-state index in [4.69, 9.17) is 26.4 Å². The Balaban J connectivity index is 2.26. The molecule has 0 spiro atoms. The maximum atomic E-state index is 12.9. The molecular weight excluding hydrogens is 428 g/mol. The van der Waals surface area contributed by atoms with Crippen LogP contribution in [0.3, 0.4) is 0 Å². The normalized spacial score (nSPS) is 10.9. The lowest BCUT2D eigenvalue weighted by Crippen LogP contribution is -2.34. The molecule has 0 radical (unpaired) electrons. The molecule has 0 aliphatic carbocycles. The van der Waals surface area contributed by atoms with Crippen LogP contribution in [-0.2, 0) is 5.41 Å². The van der Waals surface area contributed by atoms with E-state index in [9.17, 15) is 9.90 Å². The number of amides is 1. The third-order valence-electron chi connectivity index (χ3n) is 4.51. The summed E-state index contributed by atoms with van der Waals surface area (Å²) in [7, 11) is 0. The first-order valence-electron chi connectivity index (χ1n) is 10.6. The topological polar surface area (TPSA) is 89.1 Å². The second-order valence-corrected chi connectivity index (χ2v) is 8.40. The Labute approximate surface area is 195 Å². The van der Waals surface area contributed by atoms with E-state index in [-0.39, 0.29) is 16.3 Å². The van der Waals surface area contributed by atoms with Gasteiger partial charge in [0.05, 0.1) is 25.5 Å². The molecule has 2 rings (SSSR count). The fourth-order valence-corrected chi connectivity index (χ4v) is 3.15. The highest BCUT2D eigenvalue weighted by atomic mass is 32.1. The van der Waals surface area contributed by atoms with Crippen molar-refractivity contribution in [2.45, 2.75) is 47.0 Å². The van der Waals surface area contributed by atoms with Crippen LogP contribution >= 0.6 is 12.2 Å². The smallest absolute Gasteiger partial charge is 0.257 e. The van der Waals surface area contributed by atoms with E-state index in [0.29, 0.717) is 48.3 Å². The number of carbonyl (C=O) groups excluding carboxylic acids is 1. The van der Waals surface area contributed by atoms with Crippen molar-refractivity contribution in [3.8, 4) is 23.0 Å². The number of anilines is 1. The van der Waals surface area contributed by atoms with Gasteiger partial charge in [-0.15, -0.1) is 0 Å². The number of benzene rings is 2. The van der Waals surface area contributed by atoms with Gasteiger partial charge in [0.1, 0.15) is 5.75 Å². The molecule has 174 valence electrons. The molecule has 8 heteroatoms. The summed E-state index contributed by atoms with van der Waals surface area (Å²) in [5, 5.41) is 15.8. The van der Waals surface area contributed by atoms with Crippen LogP contribution in [0.4, 0.5) is 5.69 Å². The molecule has 3 N–H and O–H groups in total. The third kappa shape index (κ3) is 6.50. The van der Waals surface area contributed by atoms with Gasteiger partial charge in [0.2, 0.25) is 5.75 Å². The van der Waals surface area contributed by atoms with Crippen molar-refractivity contribution >= 4 is 28.9 Å². The molecule has 0 aliphatic heterocycles. The number of hydrogen-bond donors (Lipinski definition) is 3. The molecule has 0 atom stereocenters. The van der Waals surface area contributed by atoms with Crippen LogP contribution in [0.1, 0.15) is 57.5 Å². The molecule has 7 nitrogen and oxygen atoms in total. The number of hydrogen-bond acceptors (Lipinski definition) is 6. The first-order valence-corrected chi connectivity index (χ1v) is 11.0. The molecule has 0 heterocycles. The lowest BCUT2D eigenvalue weighted by molar-refractivity contribution is 0.0976. The van der Waals surface area contributed by atoms with Gasteiger partial charge in [-0.3, -0.25) is 10.1 Å². The first-order chi connectivity index (χ1) is 15.1. The summed E-state index contributed by atoms with van der Waals surface area (Å²) in [6.45, 7) is 13.0. The zero-order valence-electron chi connectivity index (χ0n) is 19.5. The Morgan fingerprint density at radius 1 is 0.969 bits per heavy atom. The molecule has 0 saturated heterocycles. The predicted molar refractivity (Wildman–Crippen MR) is 130 cm³/mol. The molecule has 2 aromatic carbocycles. The molecule has 0 fully saturated rings. The number of phenolic OH excluding ortho intramolecular Hbond substituents is 1. The van der Waals surface area contributed by atoms with Crippen LogP contribution in [0.25, 0.3) is 0 Å². The summed E-state index contributed by atoms with van der Waals surface area (Å²) in [6.07, 6.45) is 0. The molecule has 32 heavy (non-hydrogen) atoms. The minimum atomic E-state index is -0.445. The highest BCUT2D eigenvalue weighted by Gasteiger charge is 2.20. The maximum Gasteiger partial charge on any atom is 0.257 e. The zero-order valence-corrected chi connectivity index (χ0v) is 20.3. The number of phenols is 1.